The number of sulfonamides is 1. The standard InChI is InChI=1S/C9H5N3O5S/c13-5-10-8-1-3-9(4-2-8,11-6-14)18(16,17)12-7-15/h1-3H,4H2. The molecule has 8 nitrogen and oxygen atoms in total. The van der Waals surface area contributed by atoms with Crippen LogP contribution in [-0.2, 0) is 24.4 Å². The van der Waals surface area contributed by atoms with Crippen LogP contribution in [0.3, 0.4) is 0 Å². The molecule has 0 amide bonds. The van der Waals surface area contributed by atoms with E-state index in [1.54, 1.807) is 0 Å². The van der Waals surface area contributed by atoms with E-state index < -0.39 is 14.9 Å². The molecule has 0 aromatic rings. The Labute approximate surface area is 101 Å². The number of allylic oxidation sites excluding steroid dienone is 1. The van der Waals surface area contributed by atoms with Gasteiger partial charge in [0.05, 0.1) is 5.70 Å². The van der Waals surface area contributed by atoms with Gasteiger partial charge in [0.25, 0.3) is 16.1 Å². The molecule has 9 heteroatoms. The fourth-order valence-electron chi connectivity index (χ4n) is 1.28. The van der Waals surface area contributed by atoms with E-state index >= 15 is 0 Å². The Kier molecular flexibility index (Phi) is 3.99. The average molecular weight is 267 g/mol. The van der Waals surface area contributed by atoms with Crippen molar-refractivity contribution in [2.45, 2.75) is 11.3 Å². The fraction of sp³-hybridized carbons (Fsp3) is 0.222. The van der Waals surface area contributed by atoms with Crippen LogP contribution < -0.4 is 0 Å². The SMILES string of the molecule is O=C=NC1=CCC(N=C=O)(S(=O)(=O)N=C=O)C=C1. The van der Waals surface area contributed by atoms with Crippen LogP contribution in [0.5, 0.6) is 0 Å². The minimum absolute atomic E-state index is 0.159. The molecule has 0 saturated heterocycles. The topological polar surface area (TPSA) is 122 Å². The summed E-state index contributed by atoms with van der Waals surface area (Å²) >= 11 is 0. The van der Waals surface area contributed by atoms with E-state index in [0.717, 1.165) is 24.3 Å². The fourth-order valence-corrected chi connectivity index (χ4v) is 2.22. The predicted octanol–water partition coefficient (Wildman–Crippen LogP) is -0.136. The Morgan fingerprint density at radius 2 is 1.89 bits per heavy atom. The lowest BCUT2D eigenvalue weighted by atomic mass is 10.1. The molecule has 92 valence electrons. The summed E-state index contributed by atoms with van der Waals surface area (Å²) in [6.07, 6.45) is 6.32. The van der Waals surface area contributed by atoms with Crippen molar-refractivity contribution < 1.29 is 22.8 Å². The zero-order chi connectivity index (χ0) is 13.6. The van der Waals surface area contributed by atoms with Gasteiger partial charge < -0.3 is 0 Å². The number of isocyanates is 3. The third-order valence-electron chi connectivity index (χ3n) is 2.13. The number of rotatable bonds is 4. The van der Waals surface area contributed by atoms with Gasteiger partial charge in [-0.15, -0.1) is 0 Å². The number of hydrogen-bond donors (Lipinski definition) is 0. The van der Waals surface area contributed by atoms with E-state index in [1.807, 2.05) is 0 Å². The van der Waals surface area contributed by atoms with Crippen LogP contribution in [-0.4, -0.2) is 31.5 Å². The molecular formula is C9H5N3O5S. The minimum Gasteiger partial charge on any atom is -0.211 e. The summed E-state index contributed by atoms with van der Waals surface area (Å²) in [7, 11) is -4.39. The maximum absolute atomic E-state index is 11.7. The van der Waals surface area contributed by atoms with Crippen molar-refractivity contribution in [1.29, 1.82) is 0 Å². The first-order chi connectivity index (χ1) is 8.51. The molecule has 18 heavy (non-hydrogen) atoms. The van der Waals surface area contributed by atoms with E-state index in [-0.39, 0.29) is 12.1 Å². The van der Waals surface area contributed by atoms with Gasteiger partial charge in [-0.25, -0.2) is 22.8 Å². The lowest BCUT2D eigenvalue weighted by molar-refractivity contribution is 0.537. The Bertz CT molecular complexity index is 658. The molecule has 0 N–H and O–H groups in total. The summed E-state index contributed by atoms with van der Waals surface area (Å²) in [4.78, 5) is 34.8. The number of aliphatic imine (C=N–C) groups is 2. The molecular weight excluding hydrogens is 262 g/mol. The molecule has 0 radical (unpaired) electrons. The molecule has 0 spiro atoms. The highest BCUT2D eigenvalue weighted by Crippen LogP contribution is 2.31. The largest absolute Gasteiger partial charge is 0.294 e. The summed E-state index contributed by atoms with van der Waals surface area (Å²) in [6.45, 7) is 0. The molecule has 1 aliphatic rings. The molecule has 0 aromatic heterocycles. The number of hydrogen-bond acceptors (Lipinski definition) is 7. The summed E-state index contributed by atoms with van der Waals surface area (Å²) in [5, 5.41) is 0. The molecule has 0 fully saturated rings. The quantitative estimate of drug-likeness (QED) is 0.518. The van der Waals surface area contributed by atoms with E-state index in [1.165, 1.54) is 12.2 Å². The molecule has 0 saturated carbocycles. The lowest BCUT2D eigenvalue weighted by Gasteiger charge is -2.21. The van der Waals surface area contributed by atoms with Crippen molar-refractivity contribution in [2.24, 2.45) is 14.4 Å². The van der Waals surface area contributed by atoms with Crippen LogP contribution in [0.25, 0.3) is 0 Å². The maximum Gasteiger partial charge on any atom is 0.294 e. The van der Waals surface area contributed by atoms with E-state index in [4.69, 9.17) is 0 Å². The molecule has 1 rings (SSSR count). The summed E-state index contributed by atoms with van der Waals surface area (Å²) in [5.74, 6) is 0. The Hall–Kier alpha value is -2.43. The summed E-state index contributed by atoms with van der Waals surface area (Å²) in [6, 6.07) is 0. The second-order valence-corrected chi connectivity index (χ2v) is 4.91. The Balaban J connectivity index is 3.33. The normalized spacial score (nSPS) is 21.9. The first-order valence-corrected chi connectivity index (χ1v) is 5.85. The van der Waals surface area contributed by atoms with Gasteiger partial charge in [-0.2, -0.15) is 9.98 Å². The number of nitrogens with zero attached hydrogens (tertiary/aromatic N) is 3. The molecule has 1 atom stereocenters. The lowest BCUT2D eigenvalue weighted by Crippen LogP contribution is -2.34. The molecule has 0 aromatic carbocycles. The van der Waals surface area contributed by atoms with Gasteiger partial charge in [-0.1, -0.05) is 10.5 Å². The Morgan fingerprint density at radius 3 is 2.33 bits per heavy atom. The maximum atomic E-state index is 11.7. The highest BCUT2D eigenvalue weighted by atomic mass is 32.2. The van der Waals surface area contributed by atoms with Crippen molar-refractivity contribution in [1.82, 2.24) is 0 Å². The Morgan fingerprint density at radius 1 is 1.17 bits per heavy atom. The van der Waals surface area contributed by atoms with Gasteiger partial charge in [-0.3, -0.25) is 0 Å². The number of carbonyl (C=O) groups excluding carboxylic acids is 3. The summed E-state index contributed by atoms with van der Waals surface area (Å²) in [5.41, 5.74) is 0.159. The van der Waals surface area contributed by atoms with E-state index in [2.05, 4.69) is 14.4 Å². The van der Waals surface area contributed by atoms with Crippen LogP contribution in [0.2, 0.25) is 0 Å². The van der Waals surface area contributed by atoms with Gasteiger partial charge in [-0.05, 0) is 12.2 Å². The third kappa shape index (κ3) is 2.45. The smallest absolute Gasteiger partial charge is 0.211 e. The first-order valence-electron chi connectivity index (χ1n) is 4.41. The van der Waals surface area contributed by atoms with Gasteiger partial charge in [0.15, 0.2) is 0 Å². The zero-order valence-corrected chi connectivity index (χ0v) is 9.55. The van der Waals surface area contributed by atoms with Crippen LogP contribution in [0, 0.1) is 0 Å². The van der Waals surface area contributed by atoms with Crippen molar-refractivity contribution >= 4 is 28.3 Å². The van der Waals surface area contributed by atoms with Crippen LogP contribution >= 0.6 is 0 Å². The van der Waals surface area contributed by atoms with Gasteiger partial charge in [0.2, 0.25) is 17.0 Å². The molecule has 1 aliphatic carbocycles. The first kappa shape index (κ1) is 13.6. The minimum atomic E-state index is -4.39. The van der Waals surface area contributed by atoms with E-state index in [0.29, 0.717) is 0 Å². The average Bonchev–Trinajstić information content (AvgIpc) is 2.32. The molecule has 0 heterocycles. The highest BCUT2D eigenvalue weighted by molar-refractivity contribution is 7.91. The van der Waals surface area contributed by atoms with Crippen molar-refractivity contribution in [3.05, 3.63) is 23.9 Å². The monoisotopic (exact) mass is 267 g/mol. The van der Waals surface area contributed by atoms with Crippen molar-refractivity contribution in [3.8, 4) is 0 Å². The van der Waals surface area contributed by atoms with Crippen molar-refractivity contribution in [2.75, 3.05) is 0 Å². The predicted molar refractivity (Wildman–Crippen MR) is 57.9 cm³/mol. The second kappa shape index (κ2) is 5.27. The summed E-state index contributed by atoms with van der Waals surface area (Å²) < 4.78 is 26.0. The zero-order valence-electron chi connectivity index (χ0n) is 8.73. The molecule has 0 bridgehead atoms. The molecule has 1 unspecified atom stereocenters. The van der Waals surface area contributed by atoms with Crippen LogP contribution in [0.4, 0.5) is 0 Å². The van der Waals surface area contributed by atoms with Gasteiger partial charge in [0.1, 0.15) is 0 Å². The van der Waals surface area contributed by atoms with Crippen molar-refractivity contribution in [3.63, 3.8) is 0 Å². The second-order valence-electron chi connectivity index (χ2n) is 3.08. The third-order valence-corrected chi connectivity index (χ3v) is 3.73. The van der Waals surface area contributed by atoms with Crippen LogP contribution in [0.15, 0.2) is 38.3 Å². The highest BCUT2D eigenvalue weighted by Gasteiger charge is 2.43. The van der Waals surface area contributed by atoms with E-state index in [9.17, 15) is 22.8 Å². The van der Waals surface area contributed by atoms with Gasteiger partial charge >= 0.3 is 0 Å². The van der Waals surface area contributed by atoms with Crippen LogP contribution in [0.1, 0.15) is 6.42 Å². The van der Waals surface area contributed by atoms with Gasteiger partial charge in [0, 0.05) is 6.42 Å². The molecule has 0 aliphatic heterocycles.